The standard InChI is InChI=1S/C12H10BrClO4/c1-7-4-8(13)5-9(14)11(7)18-12(15)10-6-16-2-3-17-10/h4-6H,2-3H2,1H3. The molecular weight excluding hydrogens is 323 g/mol. The number of carbonyl (C=O) groups is 1. The van der Waals surface area contributed by atoms with Crippen molar-refractivity contribution < 1.29 is 19.0 Å². The minimum Gasteiger partial charge on any atom is -0.493 e. The van der Waals surface area contributed by atoms with Crippen LogP contribution in [0, 0.1) is 6.92 Å². The maximum absolute atomic E-state index is 11.8. The van der Waals surface area contributed by atoms with Gasteiger partial charge in [-0.25, -0.2) is 4.79 Å². The fraction of sp³-hybridized carbons (Fsp3) is 0.250. The number of esters is 1. The molecule has 0 bridgehead atoms. The number of benzene rings is 1. The fourth-order valence-electron chi connectivity index (χ4n) is 1.44. The molecule has 0 aromatic heterocycles. The van der Waals surface area contributed by atoms with Crippen LogP contribution in [0.3, 0.4) is 0 Å². The van der Waals surface area contributed by atoms with Crippen molar-refractivity contribution in [2.24, 2.45) is 0 Å². The molecule has 0 saturated carbocycles. The van der Waals surface area contributed by atoms with Gasteiger partial charge in [-0.15, -0.1) is 0 Å². The minimum absolute atomic E-state index is 0.0413. The average molecular weight is 334 g/mol. The molecule has 0 aliphatic carbocycles. The molecule has 0 amide bonds. The Bertz CT molecular complexity index is 490. The van der Waals surface area contributed by atoms with E-state index in [0.717, 1.165) is 10.0 Å². The maximum atomic E-state index is 11.8. The second-order valence-electron chi connectivity index (χ2n) is 3.62. The number of ether oxygens (including phenoxy) is 3. The zero-order chi connectivity index (χ0) is 13.1. The molecule has 0 saturated heterocycles. The Morgan fingerprint density at radius 3 is 2.83 bits per heavy atom. The summed E-state index contributed by atoms with van der Waals surface area (Å²) in [6, 6.07) is 3.46. The van der Waals surface area contributed by atoms with Gasteiger partial charge in [-0.3, -0.25) is 0 Å². The van der Waals surface area contributed by atoms with Crippen molar-refractivity contribution in [3.63, 3.8) is 0 Å². The van der Waals surface area contributed by atoms with Crippen LogP contribution in [-0.4, -0.2) is 19.2 Å². The molecule has 2 rings (SSSR count). The van der Waals surface area contributed by atoms with Gasteiger partial charge in [0.25, 0.3) is 0 Å². The quantitative estimate of drug-likeness (QED) is 0.616. The lowest BCUT2D eigenvalue weighted by molar-refractivity contribution is -0.135. The molecule has 4 nitrogen and oxygen atoms in total. The molecule has 1 aliphatic heterocycles. The van der Waals surface area contributed by atoms with E-state index in [1.807, 2.05) is 0 Å². The summed E-state index contributed by atoms with van der Waals surface area (Å²) >= 11 is 9.33. The molecule has 6 heteroatoms. The van der Waals surface area contributed by atoms with Crippen LogP contribution in [0.4, 0.5) is 0 Å². The van der Waals surface area contributed by atoms with Crippen molar-refractivity contribution in [3.8, 4) is 5.75 Å². The Morgan fingerprint density at radius 2 is 2.22 bits per heavy atom. The first-order chi connectivity index (χ1) is 8.58. The van der Waals surface area contributed by atoms with E-state index in [2.05, 4.69) is 15.9 Å². The van der Waals surface area contributed by atoms with E-state index in [9.17, 15) is 4.79 Å². The van der Waals surface area contributed by atoms with E-state index in [1.54, 1.807) is 19.1 Å². The Balaban J connectivity index is 2.19. The van der Waals surface area contributed by atoms with Crippen molar-refractivity contribution in [1.29, 1.82) is 0 Å². The highest BCUT2D eigenvalue weighted by atomic mass is 79.9. The zero-order valence-electron chi connectivity index (χ0n) is 9.54. The van der Waals surface area contributed by atoms with E-state index in [1.165, 1.54) is 6.26 Å². The molecular formula is C12H10BrClO4. The number of rotatable bonds is 2. The van der Waals surface area contributed by atoms with Gasteiger partial charge in [-0.1, -0.05) is 27.5 Å². The Labute approximate surface area is 118 Å². The van der Waals surface area contributed by atoms with Crippen LogP contribution < -0.4 is 4.74 Å². The average Bonchev–Trinajstić information content (AvgIpc) is 2.34. The largest absolute Gasteiger partial charge is 0.493 e. The predicted octanol–water partition coefficient (Wildman–Crippen LogP) is 3.20. The van der Waals surface area contributed by atoms with Gasteiger partial charge in [0.05, 0.1) is 5.02 Å². The lowest BCUT2D eigenvalue weighted by atomic mass is 10.2. The minimum atomic E-state index is -0.623. The molecule has 0 spiro atoms. The highest BCUT2D eigenvalue weighted by Crippen LogP contribution is 2.32. The first-order valence-electron chi connectivity index (χ1n) is 5.20. The van der Waals surface area contributed by atoms with Gasteiger partial charge in [0.2, 0.25) is 5.76 Å². The molecule has 1 aromatic carbocycles. The van der Waals surface area contributed by atoms with Gasteiger partial charge in [0.1, 0.15) is 19.5 Å². The van der Waals surface area contributed by atoms with E-state index in [0.29, 0.717) is 24.0 Å². The summed E-state index contributed by atoms with van der Waals surface area (Å²) < 4.78 is 16.1. The van der Waals surface area contributed by atoms with Crippen molar-refractivity contribution in [3.05, 3.63) is 39.2 Å². The van der Waals surface area contributed by atoms with Crippen LogP contribution in [-0.2, 0) is 14.3 Å². The van der Waals surface area contributed by atoms with Gasteiger partial charge in [0.15, 0.2) is 5.75 Å². The molecule has 0 atom stereocenters. The van der Waals surface area contributed by atoms with Crippen molar-refractivity contribution in [1.82, 2.24) is 0 Å². The molecule has 96 valence electrons. The van der Waals surface area contributed by atoms with Crippen molar-refractivity contribution in [2.75, 3.05) is 13.2 Å². The summed E-state index contributed by atoms with van der Waals surface area (Å²) in [5.74, 6) is -0.262. The molecule has 0 unspecified atom stereocenters. The Kier molecular flexibility index (Phi) is 4.14. The second kappa shape index (κ2) is 5.63. The lowest BCUT2D eigenvalue weighted by Crippen LogP contribution is -2.19. The maximum Gasteiger partial charge on any atom is 0.382 e. The number of hydrogen-bond donors (Lipinski definition) is 0. The van der Waals surface area contributed by atoms with Crippen LogP contribution in [0.25, 0.3) is 0 Å². The smallest absolute Gasteiger partial charge is 0.382 e. The molecule has 1 heterocycles. The number of aryl methyl sites for hydroxylation is 1. The Hall–Kier alpha value is -1.20. The molecule has 1 aliphatic rings. The van der Waals surface area contributed by atoms with Crippen LogP contribution in [0.1, 0.15) is 5.56 Å². The summed E-state index contributed by atoms with van der Waals surface area (Å²) in [6.07, 6.45) is 1.24. The second-order valence-corrected chi connectivity index (χ2v) is 4.95. The summed E-state index contributed by atoms with van der Waals surface area (Å²) in [5, 5.41) is 0.354. The summed E-state index contributed by atoms with van der Waals surface area (Å²) in [7, 11) is 0. The van der Waals surface area contributed by atoms with Gasteiger partial charge < -0.3 is 14.2 Å². The van der Waals surface area contributed by atoms with E-state index in [4.69, 9.17) is 25.8 Å². The monoisotopic (exact) mass is 332 g/mol. The SMILES string of the molecule is Cc1cc(Br)cc(Cl)c1OC(=O)C1=COCCO1. The first kappa shape index (κ1) is 13.2. The topological polar surface area (TPSA) is 44.8 Å². The summed E-state index contributed by atoms with van der Waals surface area (Å²) in [4.78, 5) is 11.8. The lowest BCUT2D eigenvalue weighted by Gasteiger charge is -2.15. The third-order valence-electron chi connectivity index (χ3n) is 2.24. The van der Waals surface area contributed by atoms with Crippen LogP contribution >= 0.6 is 27.5 Å². The van der Waals surface area contributed by atoms with E-state index in [-0.39, 0.29) is 5.76 Å². The van der Waals surface area contributed by atoms with Crippen LogP contribution in [0.2, 0.25) is 5.02 Å². The zero-order valence-corrected chi connectivity index (χ0v) is 11.9. The number of hydrogen-bond acceptors (Lipinski definition) is 4. The highest BCUT2D eigenvalue weighted by Gasteiger charge is 2.20. The fourth-order valence-corrected chi connectivity index (χ4v) is 2.45. The Morgan fingerprint density at radius 1 is 1.44 bits per heavy atom. The molecule has 0 N–H and O–H groups in total. The molecule has 18 heavy (non-hydrogen) atoms. The summed E-state index contributed by atoms with van der Waals surface area (Å²) in [5.41, 5.74) is 0.750. The molecule has 1 aromatic rings. The number of carbonyl (C=O) groups excluding carboxylic acids is 1. The van der Waals surface area contributed by atoms with Gasteiger partial charge in [-0.2, -0.15) is 0 Å². The summed E-state index contributed by atoms with van der Waals surface area (Å²) in [6.45, 7) is 2.55. The third kappa shape index (κ3) is 2.97. The predicted molar refractivity (Wildman–Crippen MR) is 69.5 cm³/mol. The van der Waals surface area contributed by atoms with E-state index < -0.39 is 5.97 Å². The van der Waals surface area contributed by atoms with Crippen molar-refractivity contribution in [2.45, 2.75) is 6.92 Å². The third-order valence-corrected chi connectivity index (χ3v) is 2.98. The highest BCUT2D eigenvalue weighted by molar-refractivity contribution is 9.10. The van der Waals surface area contributed by atoms with Gasteiger partial charge >= 0.3 is 5.97 Å². The van der Waals surface area contributed by atoms with Crippen LogP contribution in [0.15, 0.2) is 28.6 Å². The normalized spacial score (nSPS) is 14.3. The first-order valence-corrected chi connectivity index (χ1v) is 6.37. The molecule has 0 fully saturated rings. The number of halogens is 2. The van der Waals surface area contributed by atoms with Crippen LogP contribution in [0.5, 0.6) is 5.75 Å². The van der Waals surface area contributed by atoms with Gasteiger partial charge in [0, 0.05) is 4.47 Å². The van der Waals surface area contributed by atoms with Crippen molar-refractivity contribution >= 4 is 33.5 Å². The molecule has 0 radical (unpaired) electrons. The van der Waals surface area contributed by atoms with E-state index >= 15 is 0 Å². The van der Waals surface area contributed by atoms with Gasteiger partial charge in [-0.05, 0) is 24.6 Å².